The summed E-state index contributed by atoms with van der Waals surface area (Å²) in [5, 5.41) is 0. The molecule has 5 nitrogen and oxygen atoms in total. The number of carbonyl (C=O) groups is 1. The van der Waals surface area contributed by atoms with Gasteiger partial charge in [0.2, 0.25) is 0 Å². The molecule has 2 rings (SSSR count). The highest BCUT2D eigenvalue weighted by molar-refractivity contribution is 5.65. The SMILES string of the molecule is NC(=O)OC1(c2cnc[nH]2)CCCCC1. The van der Waals surface area contributed by atoms with Crippen LogP contribution in [0.3, 0.4) is 0 Å². The van der Waals surface area contributed by atoms with Gasteiger partial charge in [-0.2, -0.15) is 0 Å². The Labute approximate surface area is 88.0 Å². The van der Waals surface area contributed by atoms with Crippen LogP contribution in [-0.2, 0) is 10.3 Å². The highest BCUT2D eigenvalue weighted by Gasteiger charge is 2.38. The first-order valence-electron chi connectivity index (χ1n) is 5.20. The van der Waals surface area contributed by atoms with Crippen molar-refractivity contribution < 1.29 is 9.53 Å². The quantitative estimate of drug-likeness (QED) is 0.777. The molecule has 0 unspecified atom stereocenters. The minimum atomic E-state index is -0.716. The molecule has 1 aromatic heterocycles. The summed E-state index contributed by atoms with van der Waals surface area (Å²) in [6.45, 7) is 0. The van der Waals surface area contributed by atoms with Gasteiger partial charge >= 0.3 is 6.09 Å². The molecule has 0 spiro atoms. The van der Waals surface area contributed by atoms with E-state index in [0.29, 0.717) is 0 Å². The molecule has 1 aliphatic rings. The molecule has 15 heavy (non-hydrogen) atoms. The largest absolute Gasteiger partial charge is 0.437 e. The number of rotatable bonds is 2. The number of nitrogens with zero attached hydrogens (tertiary/aromatic N) is 1. The van der Waals surface area contributed by atoms with E-state index < -0.39 is 11.7 Å². The first-order chi connectivity index (χ1) is 7.23. The van der Waals surface area contributed by atoms with Crippen LogP contribution in [0.2, 0.25) is 0 Å². The lowest BCUT2D eigenvalue weighted by molar-refractivity contribution is -0.0195. The minimum absolute atomic E-state index is 0.569. The molecule has 1 fully saturated rings. The highest BCUT2D eigenvalue weighted by atomic mass is 16.6. The summed E-state index contributed by atoms with van der Waals surface area (Å²) in [5.74, 6) is 0. The number of hydrogen-bond acceptors (Lipinski definition) is 3. The van der Waals surface area contributed by atoms with Gasteiger partial charge in [0.15, 0.2) is 5.60 Å². The predicted octanol–water partition coefficient (Wildman–Crippen LogP) is 1.66. The molecule has 82 valence electrons. The second kappa shape index (κ2) is 3.92. The predicted molar refractivity (Wildman–Crippen MR) is 54.0 cm³/mol. The summed E-state index contributed by atoms with van der Waals surface area (Å²) in [4.78, 5) is 17.9. The van der Waals surface area contributed by atoms with Gasteiger partial charge in [0, 0.05) is 0 Å². The Morgan fingerprint density at radius 2 is 2.20 bits per heavy atom. The van der Waals surface area contributed by atoms with E-state index in [1.165, 1.54) is 6.42 Å². The Balaban J connectivity index is 2.25. The third kappa shape index (κ3) is 1.95. The maximum atomic E-state index is 10.9. The fourth-order valence-electron chi connectivity index (χ4n) is 2.25. The second-order valence-corrected chi connectivity index (χ2v) is 3.94. The van der Waals surface area contributed by atoms with Gasteiger partial charge in [-0.05, 0) is 25.7 Å². The summed E-state index contributed by atoms with van der Waals surface area (Å²) in [5.41, 5.74) is 5.40. The monoisotopic (exact) mass is 209 g/mol. The molecule has 5 heteroatoms. The molecule has 1 heterocycles. The Hall–Kier alpha value is -1.52. The van der Waals surface area contributed by atoms with Crippen molar-refractivity contribution >= 4 is 6.09 Å². The average Bonchev–Trinajstić information content (AvgIpc) is 2.71. The van der Waals surface area contributed by atoms with E-state index in [-0.39, 0.29) is 0 Å². The van der Waals surface area contributed by atoms with Crippen molar-refractivity contribution in [2.75, 3.05) is 0 Å². The fourth-order valence-corrected chi connectivity index (χ4v) is 2.25. The van der Waals surface area contributed by atoms with E-state index in [4.69, 9.17) is 10.5 Å². The Bertz CT molecular complexity index is 328. The van der Waals surface area contributed by atoms with Gasteiger partial charge in [-0.25, -0.2) is 9.78 Å². The molecule has 0 aliphatic heterocycles. The van der Waals surface area contributed by atoms with Crippen LogP contribution in [0.15, 0.2) is 12.5 Å². The zero-order chi connectivity index (χ0) is 10.7. The average molecular weight is 209 g/mol. The summed E-state index contributed by atoms with van der Waals surface area (Å²) in [6, 6.07) is 0. The first kappa shape index (κ1) is 10.0. The maximum absolute atomic E-state index is 10.9. The van der Waals surface area contributed by atoms with Crippen molar-refractivity contribution in [3.63, 3.8) is 0 Å². The number of nitrogens with two attached hydrogens (primary N) is 1. The van der Waals surface area contributed by atoms with Crippen LogP contribution in [-0.4, -0.2) is 16.1 Å². The van der Waals surface area contributed by atoms with Crippen molar-refractivity contribution in [2.24, 2.45) is 5.73 Å². The molecule has 1 aromatic rings. The van der Waals surface area contributed by atoms with Crippen LogP contribution >= 0.6 is 0 Å². The molecule has 3 N–H and O–H groups in total. The molecular formula is C10H15N3O2. The van der Waals surface area contributed by atoms with Gasteiger partial charge in [-0.1, -0.05) is 6.42 Å². The number of imidazole rings is 1. The maximum Gasteiger partial charge on any atom is 0.405 e. The number of ether oxygens (including phenoxy) is 1. The van der Waals surface area contributed by atoms with Crippen LogP contribution in [0.25, 0.3) is 0 Å². The van der Waals surface area contributed by atoms with Gasteiger partial charge < -0.3 is 15.5 Å². The van der Waals surface area contributed by atoms with Crippen molar-refractivity contribution in [2.45, 2.75) is 37.7 Å². The number of amides is 1. The van der Waals surface area contributed by atoms with E-state index in [0.717, 1.165) is 31.4 Å². The van der Waals surface area contributed by atoms with Crippen molar-refractivity contribution in [3.8, 4) is 0 Å². The lowest BCUT2D eigenvalue weighted by atomic mass is 9.82. The van der Waals surface area contributed by atoms with E-state index in [1.807, 2.05) is 0 Å². The number of carbonyl (C=O) groups excluding carboxylic acids is 1. The lowest BCUT2D eigenvalue weighted by Crippen LogP contribution is -2.37. The van der Waals surface area contributed by atoms with Crippen LogP contribution in [0.1, 0.15) is 37.8 Å². The summed E-state index contributed by atoms with van der Waals surface area (Å²) in [6.07, 6.45) is 7.49. The smallest absolute Gasteiger partial charge is 0.405 e. The van der Waals surface area contributed by atoms with E-state index in [2.05, 4.69) is 9.97 Å². The molecule has 0 saturated heterocycles. The standard InChI is InChI=1S/C10H15N3O2/c11-9(14)15-10(4-2-1-3-5-10)8-6-12-7-13-8/h6-7H,1-5H2,(H2,11,14)(H,12,13). The third-order valence-corrected chi connectivity index (χ3v) is 2.95. The fraction of sp³-hybridized carbons (Fsp3) is 0.600. The molecular weight excluding hydrogens is 194 g/mol. The van der Waals surface area contributed by atoms with E-state index in [9.17, 15) is 4.79 Å². The topological polar surface area (TPSA) is 81.0 Å². The number of H-pyrrole nitrogens is 1. The normalized spacial score (nSPS) is 19.7. The van der Waals surface area contributed by atoms with Gasteiger partial charge in [-0.15, -0.1) is 0 Å². The van der Waals surface area contributed by atoms with Crippen molar-refractivity contribution in [1.82, 2.24) is 9.97 Å². The van der Waals surface area contributed by atoms with Crippen LogP contribution in [0.4, 0.5) is 4.79 Å². The summed E-state index contributed by atoms with van der Waals surface area (Å²) < 4.78 is 5.29. The zero-order valence-corrected chi connectivity index (χ0v) is 8.53. The van der Waals surface area contributed by atoms with E-state index >= 15 is 0 Å². The first-order valence-corrected chi connectivity index (χ1v) is 5.20. The number of hydrogen-bond donors (Lipinski definition) is 2. The van der Waals surface area contributed by atoms with Crippen LogP contribution in [0, 0.1) is 0 Å². The number of aromatic amines is 1. The zero-order valence-electron chi connectivity index (χ0n) is 8.53. The number of aromatic nitrogens is 2. The molecule has 1 saturated carbocycles. The molecule has 0 aromatic carbocycles. The Morgan fingerprint density at radius 1 is 1.47 bits per heavy atom. The molecule has 0 atom stereocenters. The molecule has 0 bridgehead atoms. The van der Waals surface area contributed by atoms with Crippen molar-refractivity contribution in [3.05, 3.63) is 18.2 Å². The molecule has 0 radical (unpaired) electrons. The minimum Gasteiger partial charge on any atom is -0.437 e. The van der Waals surface area contributed by atoms with Gasteiger partial charge in [-0.3, -0.25) is 0 Å². The second-order valence-electron chi connectivity index (χ2n) is 3.94. The van der Waals surface area contributed by atoms with Crippen LogP contribution in [0.5, 0.6) is 0 Å². The molecule has 1 amide bonds. The summed E-state index contributed by atoms with van der Waals surface area (Å²) in [7, 11) is 0. The van der Waals surface area contributed by atoms with Gasteiger partial charge in [0.05, 0.1) is 18.2 Å². The number of nitrogens with one attached hydrogen (secondary N) is 1. The van der Waals surface area contributed by atoms with E-state index in [1.54, 1.807) is 12.5 Å². The Morgan fingerprint density at radius 3 is 2.73 bits per heavy atom. The number of primary amides is 1. The lowest BCUT2D eigenvalue weighted by Gasteiger charge is -2.34. The van der Waals surface area contributed by atoms with Gasteiger partial charge in [0.1, 0.15) is 0 Å². The van der Waals surface area contributed by atoms with Crippen molar-refractivity contribution in [1.29, 1.82) is 0 Å². The highest BCUT2D eigenvalue weighted by Crippen LogP contribution is 2.39. The third-order valence-electron chi connectivity index (χ3n) is 2.95. The summed E-state index contributed by atoms with van der Waals surface area (Å²) >= 11 is 0. The Kier molecular flexibility index (Phi) is 2.62. The molecule has 1 aliphatic carbocycles. The van der Waals surface area contributed by atoms with Gasteiger partial charge in [0.25, 0.3) is 0 Å². The van der Waals surface area contributed by atoms with Crippen LogP contribution < -0.4 is 5.73 Å².